The van der Waals surface area contributed by atoms with Crippen molar-refractivity contribution in [2.75, 3.05) is 13.1 Å². The smallest absolute Gasteiger partial charge is 0.410 e. The number of rotatable bonds is 3. The normalized spacial score (nSPS) is 15.7. The molecule has 24 heavy (non-hydrogen) atoms. The van der Waals surface area contributed by atoms with Crippen LogP contribution in [-0.4, -0.2) is 56.6 Å². The van der Waals surface area contributed by atoms with Gasteiger partial charge in [-0.05, 0) is 34.1 Å². The number of ether oxygens (including phenoxy) is 1. The highest BCUT2D eigenvalue weighted by Crippen LogP contribution is 2.23. The Balaban J connectivity index is 2.13. The molecule has 1 aromatic rings. The van der Waals surface area contributed by atoms with Crippen molar-refractivity contribution >= 4 is 12.0 Å². The molecule has 0 spiro atoms. The maximum Gasteiger partial charge on any atom is 0.410 e. The van der Waals surface area contributed by atoms with E-state index in [-0.39, 0.29) is 18.5 Å². The number of aryl methyl sites for hydroxylation is 1. The van der Waals surface area contributed by atoms with Crippen LogP contribution in [0.1, 0.15) is 49.4 Å². The van der Waals surface area contributed by atoms with E-state index in [4.69, 9.17) is 4.74 Å². The minimum atomic E-state index is -0.615. The first-order chi connectivity index (χ1) is 11.1. The molecule has 1 aromatic heterocycles. The molecule has 1 atom stereocenters. The zero-order valence-corrected chi connectivity index (χ0v) is 14.9. The fraction of sp³-hybridized carbons (Fsp3) is 0.688. The topological polar surface area (TPSA) is 96.7 Å². The van der Waals surface area contributed by atoms with Crippen LogP contribution in [0.2, 0.25) is 0 Å². The molecule has 0 aromatic carbocycles. The Morgan fingerprint density at radius 3 is 2.67 bits per heavy atom. The molecular weight excluding hydrogens is 312 g/mol. The predicted octanol–water partition coefficient (Wildman–Crippen LogP) is 0.824. The summed E-state index contributed by atoms with van der Waals surface area (Å²) in [5.74, 6) is -0.307. The van der Waals surface area contributed by atoms with Crippen LogP contribution in [0.15, 0.2) is 0 Å². The first kappa shape index (κ1) is 18.3. The molecule has 8 nitrogen and oxygen atoms in total. The molecule has 0 saturated heterocycles. The molecular formula is C16H26N4O4. The van der Waals surface area contributed by atoms with Crippen LogP contribution in [0, 0.1) is 0 Å². The minimum absolute atomic E-state index is 0.175. The summed E-state index contributed by atoms with van der Waals surface area (Å²) in [6.45, 7) is 8.10. The van der Waals surface area contributed by atoms with Gasteiger partial charge in [0.15, 0.2) is 5.69 Å². The molecule has 0 saturated carbocycles. The third-order valence-corrected chi connectivity index (χ3v) is 3.67. The number of aromatic nitrogens is 2. The number of fused-ring (bicyclic) bond motifs is 1. The van der Waals surface area contributed by atoms with Crippen LogP contribution in [0.3, 0.4) is 0 Å². The van der Waals surface area contributed by atoms with Crippen molar-refractivity contribution in [2.24, 2.45) is 7.05 Å². The Morgan fingerprint density at radius 2 is 2.08 bits per heavy atom. The van der Waals surface area contributed by atoms with Gasteiger partial charge in [0.25, 0.3) is 5.91 Å². The molecule has 134 valence electrons. The van der Waals surface area contributed by atoms with Crippen LogP contribution < -0.4 is 5.32 Å². The van der Waals surface area contributed by atoms with Crippen LogP contribution >= 0.6 is 0 Å². The maximum absolute atomic E-state index is 12.2. The zero-order chi connectivity index (χ0) is 18.1. The second-order valence-corrected chi connectivity index (χ2v) is 7.11. The summed E-state index contributed by atoms with van der Waals surface area (Å²) < 4.78 is 7.03. The van der Waals surface area contributed by atoms with Gasteiger partial charge < -0.3 is 20.1 Å². The largest absolute Gasteiger partial charge is 0.444 e. The van der Waals surface area contributed by atoms with Crippen LogP contribution in [0.5, 0.6) is 0 Å². The molecule has 0 bridgehead atoms. The van der Waals surface area contributed by atoms with E-state index < -0.39 is 11.7 Å². The average Bonchev–Trinajstić information content (AvgIpc) is 2.80. The Bertz CT molecular complexity index is 631. The van der Waals surface area contributed by atoms with E-state index in [0.29, 0.717) is 25.2 Å². The number of nitrogens with one attached hydrogen (secondary N) is 1. The summed E-state index contributed by atoms with van der Waals surface area (Å²) >= 11 is 0. The molecule has 0 aliphatic carbocycles. The Labute approximate surface area is 141 Å². The number of amides is 2. The fourth-order valence-corrected chi connectivity index (χ4v) is 2.56. The van der Waals surface area contributed by atoms with Gasteiger partial charge in [-0.15, -0.1) is 0 Å². The first-order valence-corrected chi connectivity index (χ1v) is 8.07. The predicted molar refractivity (Wildman–Crippen MR) is 87.6 cm³/mol. The fourth-order valence-electron chi connectivity index (χ4n) is 2.56. The van der Waals surface area contributed by atoms with Crippen LogP contribution in [0.25, 0.3) is 0 Å². The van der Waals surface area contributed by atoms with E-state index in [1.807, 2.05) is 20.8 Å². The van der Waals surface area contributed by atoms with Crippen molar-refractivity contribution in [3.05, 3.63) is 17.0 Å². The Hall–Kier alpha value is -2.09. The zero-order valence-electron chi connectivity index (χ0n) is 14.9. The standard InChI is InChI=1S/C16H26N4O4/c1-10(21)8-17-14(22)13-11-6-7-20(9-12(11)19(5)18-13)15(23)24-16(2,3)4/h10,21H,6-9H2,1-5H3,(H,17,22). The van der Waals surface area contributed by atoms with Crippen molar-refractivity contribution in [3.63, 3.8) is 0 Å². The van der Waals surface area contributed by atoms with Gasteiger partial charge in [0.2, 0.25) is 0 Å². The molecule has 0 fully saturated rings. The molecule has 8 heteroatoms. The van der Waals surface area contributed by atoms with Gasteiger partial charge in [-0.25, -0.2) is 4.79 Å². The summed E-state index contributed by atoms with van der Waals surface area (Å²) in [7, 11) is 1.75. The highest BCUT2D eigenvalue weighted by molar-refractivity contribution is 5.94. The molecule has 1 unspecified atom stereocenters. The van der Waals surface area contributed by atoms with E-state index in [0.717, 1.165) is 11.3 Å². The highest BCUT2D eigenvalue weighted by Gasteiger charge is 2.31. The lowest BCUT2D eigenvalue weighted by molar-refractivity contribution is 0.0219. The summed E-state index contributed by atoms with van der Waals surface area (Å²) in [5, 5.41) is 16.2. The van der Waals surface area contributed by atoms with E-state index >= 15 is 0 Å². The second kappa shape index (κ2) is 6.80. The molecule has 2 heterocycles. The van der Waals surface area contributed by atoms with Crippen molar-refractivity contribution < 1.29 is 19.4 Å². The summed E-state index contributed by atoms with van der Waals surface area (Å²) in [4.78, 5) is 26.1. The number of aliphatic hydroxyl groups is 1. The van der Waals surface area contributed by atoms with Gasteiger partial charge in [0.05, 0.1) is 18.3 Å². The van der Waals surface area contributed by atoms with Crippen molar-refractivity contribution in [1.82, 2.24) is 20.0 Å². The van der Waals surface area contributed by atoms with Gasteiger partial charge in [-0.3, -0.25) is 9.48 Å². The number of hydrogen-bond donors (Lipinski definition) is 2. The number of aliphatic hydroxyl groups excluding tert-OH is 1. The lowest BCUT2D eigenvalue weighted by atomic mass is 10.0. The third-order valence-electron chi connectivity index (χ3n) is 3.67. The van der Waals surface area contributed by atoms with E-state index in [1.54, 1.807) is 23.6 Å². The van der Waals surface area contributed by atoms with Gasteiger partial charge in [-0.2, -0.15) is 5.10 Å². The maximum atomic E-state index is 12.2. The lowest BCUT2D eigenvalue weighted by Gasteiger charge is -2.30. The SMILES string of the molecule is CC(O)CNC(=O)c1nn(C)c2c1CCN(C(=O)OC(C)(C)C)C2. The number of carbonyl (C=O) groups is 2. The molecule has 2 rings (SSSR count). The van der Waals surface area contributed by atoms with E-state index in [2.05, 4.69) is 10.4 Å². The molecule has 2 N–H and O–H groups in total. The summed E-state index contributed by atoms with van der Waals surface area (Å²) in [5.41, 5.74) is 1.49. The van der Waals surface area contributed by atoms with Crippen LogP contribution in [0.4, 0.5) is 4.79 Å². The second-order valence-electron chi connectivity index (χ2n) is 7.11. The minimum Gasteiger partial charge on any atom is -0.444 e. The number of hydrogen-bond acceptors (Lipinski definition) is 5. The molecule has 1 aliphatic heterocycles. The van der Waals surface area contributed by atoms with Crippen molar-refractivity contribution in [2.45, 2.75) is 52.4 Å². The first-order valence-electron chi connectivity index (χ1n) is 8.07. The van der Waals surface area contributed by atoms with E-state index in [1.165, 1.54) is 0 Å². The van der Waals surface area contributed by atoms with Crippen molar-refractivity contribution in [3.8, 4) is 0 Å². The molecule has 1 aliphatic rings. The van der Waals surface area contributed by atoms with E-state index in [9.17, 15) is 14.7 Å². The quantitative estimate of drug-likeness (QED) is 0.851. The van der Waals surface area contributed by atoms with Crippen molar-refractivity contribution in [1.29, 1.82) is 0 Å². The average molecular weight is 338 g/mol. The Kier molecular flexibility index (Phi) is 5.17. The van der Waals surface area contributed by atoms with Gasteiger partial charge in [0, 0.05) is 25.7 Å². The van der Waals surface area contributed by atoms with Gasteiger partial charge in [0.1, 0.15) is 5.60 Å². The summed E-state index contributed by atoms with van der Waals surface area (Å²) in [6, 6.07) is 0. The lowest BCUT2D eigenvalue weighted by Crippen LogP contribution is -2.40. The number of nitrogens with zero attached hydrogens (tertiary/aromatic N) is 3. The third kappa shape index (κ3) is 4.25. The van der Waals surface area contributed by atoms with Gasteiger partial charge >= 0.3 is 6.09 Å². The Morgan fingerprint density at radius 1 is 1.42 bits per heavy atom. The molecule has 2 amide bonds. The summed E-state index contributed by atoms with van der Waals surface area (Å²) in [6.07, 6.45) is -0.439. The monoisotopic (exact) mass is 338 g/mol. The van der Waals surface area contributed by atoms with Crippen LogP contribution in [-0.2, 0) is 24.8 Å². The molecule has 0 radical (unpaired) electrons. The highest BCUT2D eigenvalue weighted by atomic mass is 16.6. The van der Waals surface area contributed by atoms with Gasteiger partial charge in [-0.1, -0.05) is 0 Å². The number of carbonyl (C=O) groups excluding carboxylic acids is 2.